The lowest BCUT2D eigenvalue weighted by molar-refractivity contribution is 0.0665. The highest BCUT2D eigenvalue weighted by atomic mass is 16.5. The fourth-order valence-corrected chi connectivity index (χ4v) is 2.02. The summed E-state index contributed by atoms with van der Waals surface area (Å²) < 4.78 is 10.7. The van der Waals surface area contributed by atoms with Crippen molar-refractivity contribution in [2.24, 2.45) is 5.73 Å². The molecule has 1 unspecified atom stereocenters. The molecule has 1 aromatic carbocycles. The number of benzene rings is 1. The van der Waals surface area contributed by atoms with Gasteiger partial charge in [-0.2, -0.15) is 4.98 Å². The van der Waals surface area contributed by atoms with Gasteiger partial charge >= 0.3 is 0 Å². The Hall–Kier alpha value is -1.72. The van der Waals surface area contributed by atoms with Crippen LogP contribution < -0.4 is 5.73 Å². The van der Waals surface area contributed by atoms with Gasteiger partial charge in [0, 0.05) is 6.42 Å². The fraction of sp³-hybridized carbons (Fsp3) is 0.500. The zero-order valence-corrected chi connectivity index (χ0v) is 12.9. The van der Waals surface area contributed by atoms with Crippen LogP contribution in [0.1, 0.15) is 42.7 Å². The number of nitrogens with zero attached hydrogens (tertiary/aromatic N) is 2. The van der Waals surface area contributed by atoms with Crippen LogP contribution in [-0.4, -0.2) is 22.9 Å². The van der Waals surface area contributed by atoms with Crippen LogP contribution in [-0.2, 0) is 17.6 Å². The zero-order chi connectivity index (χ0) is 15.2. The standard InChI is InChI=1S/C16H23N3O2/c1-11(2)20-10-14(17)16-18-15(21-19-16)9-8-13-7-5-4-6-12(13)3/h4-7,11,14H,8-10,17H2,1-3H3. The van der Waals surface area contributed by atoms with E-state index in [4.69, 9.17) is 15.0 Å². The van der Waals surface area contributed by atoms with Crippen molar-refractivity contribution in [3.05, 3.63) is 47.1 Å². The molecule has 1 aromatic heterocycles. The smallest absolute Gasteiger partial charge is 0.227 e. The number of rotatable bonds is 7. The molecule has 0 spiro atoms. The number of aryl methyl sites for hydroxylation is 3. The van der Waals surface area contributed by atoms with E-state index in [2.05, 4.69) is 29.2 Å². The van der Waals surface area contributed by atoms with Crippen molar-refractivity contribution in [2.45, 2.75) is 45.8 Å². The molecule has 5 heteroatoms. The fourth-order valence-electron chi connectivity index (χ4n) is 2.02. The second-order valence-electron chi connectivity index (χ2n) is 5.46. The Bertz CT molecular complexity index is 566. The summed E-state index contributed by atoms with van der Waals surface area (Å²) in [5.74, 6) is 1.13. The first-order valence-corrected chi connectivity index (χ1v) is 7.30. The van der Waals surface area contributed by atoms with Gasteiger partial charge in [0.05, 0.1) is 18.8 Å². The highest BCUT2D eigenvalue weighted by Gasteiger charge is 2.15. The molecule has 0 aliphatic heterocycles. The van der Waals surface area contributed by atoms with E-state index in [-0.39, 0.29) is 12.1 Å². The first kappa shape index (κ1) is 15.7. The number of nitrogens with two attached hydrogens (primary N) is 1. The average molecular weight is 289 g/mol. The van der Waals surface area contributed by atoms with Gasteiger partial charge in [-0.3, -0.25) is 0 Å². The van der Waals surface area contributed by atoms with Crippen LogP contribution in [0.2, 0.25) is 0 Å². The second-order valence-corrected chi connectivity index (χ2v) is 5.46. The van der Waals surface area contributed by atoms with Crippen molar-refractivity contribution in [3.8, 4) is 0 Å². The second kappa shape index (κ2) is 7.33. The maximum Gasteiger partial charge on any atom is 0.227 e. The number of hydrogen-bond donors (Lipinski definition) is 1. The molecular weight excluding hydrogens is 266 g/mol. The van der Waals surface area contributed by atoms with Crippen LogP contribution in [0, 0.1) is 6.92 Å². The molecule has 1 atom stereocenters. The van der Waals surface area contributed by atoms with Gasteiger partial charge < -0.3 is 15.0 Å². The Labute approximate surface area is 125 Å². The van der Waals surface area contributed by atoms with Crippen molar-refractivity contribution in [1.29, 1.82) is 0 Å². The minimum atomic E-state index is -0.344. The molecule has 0 amide bonds. The minimum absolute atomic E-state index is 0.142. The maximum atomic E-state index is 5.98. The predicted octanol–water partition coefficient (Wildman–Crippen LogP) is 2.59. The van der Waals surface area contributed by atoms with Crippen molar-refractivity contribution < 1.29 is 9.26 Å². The first-order valence-electron chi connectivity index (χ1n) is 7.30. The number of hydrogen-bond acceptors (Lipinski definition) is 5. The molecule has 0 radical (unpaired) electrons. The third kappa shape index (κ3) is 4.65. The molecule has 1 heterocycles. The van der Waals surface area contributed by atoms with E-state index in [1.165, 1.54) is 11.1 Å². The Morgan fingerprint density at radius 1 is 1.24 bits per heavy atom. The van der Waals surface area contributed by atoms with Gasteiger partial charge in [0.15, 0.2) is 5.82 Å². The van der Waals surface area contributed by atoms with E-state index in [0.717, 1.165) is 12.8 Å². The van der Waals surface area contributed by atoms with Gasteiger partial charge in [-0.25, -0.2) is 0 Å². The lowest BCUT2D eigenvalue weighted by atomic mass is 10.0. The molecule has 0 bridgehead atoms. The molecule has 2 aromatic rings. The van der Waals surface area contributed by atoms with Crippen LogP contribution in [0.4, 0.5) is 0 Å². The Balaban J connectivity index is 1.90. The van der Waals surface area contributed by atoms with Crippen molar-refractivity contribution in [3.63, 3.8) is 0 Å². The van der Waals surface area contributed by atoms with Gasteiger partial charge in [-0.15, -0.1) is 0 Å². The topological polar surface area (TPSA) is 74.2 Å². The molecule has 0 saturated carbocycles. The van der Waals surface area contributed by atoms with Gasteiger partial charge in [0.1, 0.15) is 0 Å². The van der Waals surface area contributed by atoms with Crippen LogP contribution in [0.5, 0.6) is 0 Å². The quantitative estimate of drug-likeness (QED) is 0.848. The van der Waals surface area contributed by atoms with E-state index in [0.29, 0.717) is 18.3 Å². The van der Waals surface area contributed by atoms with Gasteiger partial charge in [-0.05, 0) is 38.3 Å². The Morgan fingerprint density at radius 3 is 2.71 bits per heavy atom. The van der Waals surface area contributed by atoms with Gasteiger partial charge in [0.25, 0.3) is 0 Å². The summed E-state index contributed by atoms with van der Waals surface area (Å²) in [5.41, 5.74) is 8.55. The molecule has 0 fully saturated rings. The Morgan fingerprint density at radius 2 is 2.00 bits per heavy atom. The summed E-state index contributed by atoms with van der Waals surface area (Å²) in [6.45, 7) is 6.44. The summed E-state index contributed by atoms with van der Waals surface area (Å²) >= 11 is 0. The van der Waals surface area contributed by atoms with Crippen LogP contribution in [0.3, 0.4) is 0 Å². The van der Waals surface area contributed by atoms with Gasteiger partial charge in [0.2, 0.25) is 5.89 Å². The monoisotopic (exact) mass is 289 g/mol. The summed E-state index contributed by atoms with van der Waals surface area (Å²) in [6.07, 6.45) is 1.74. The molecule has 2 N–H and O–H groups in total. The summed E-state index contributed by atoms with van der Waals surface area (Å²) in [5, 5.41) is 3.94. The highest BCUT2D eigenvalue weighted by molar-refractivity contribution is 5.25. The van der Waals surface area contributed by atoms with Crippen molar-refractivity contribution in [1.82, 2.24) is 10.1 Å². The molecule has 5 nitrogen and oxygen atoms in total. The largest absolute Gasteiger partial charge is 0.377 e. The SMILES string of the molecule is Cc1ccccc1CCc1nc(C(N)COC(C)C)no1. The summed E-state index contributed by atoms with van der Waals surface area (Å²) in [4.78, 5) is 4.35. The summed E-state index contributed by atoms with van der Waals surface area (Å²) in [7, 11) is 0. The predicted molar refractivity (Wildman–Crippen MR) is 80.9 cm³/mol. The third-order valence-electron chi connectivity index (χ3n) is 3.29. The lowest BCUT2D eigenvalue weighted by Crippen LogP contribution is -2.20. The van der Waals surface area contributed by atoms with E-state index < -0.39 is 0 Å². The lowest BCUT2D eigenvalue weighted by Gasteiger charge is -2.10. The molecule has 0 saturated heterocycles. The number of ether oxygens (including phenoxy) is 1. The molecule has 2 rings (SSSR count). The average Bonchev–Trinajstić information content (AvgIpc) is 2.93. The molecular formula is C16H23N3O2. The van der Waals surface area contributed by atoms with Crippen LogP contribution in [0.15, 0.2) is 28.8 Å². The van der Waals surface area contributed by atoms with Crippen LogP contribution in [0.25, 0.3) is 0 Å². The number of aromatic nitrogens is 2. The molecule has 0 aliphatic carbocycles. The normalized spacial score (nSPS) is 12.8. The Kier molecular flexibility index (Phi) is 5.47. The zero-order valence-electron chi connectivity index (χ0n) is 12.9. The van der Waals surface area contributed by atoms with Crippen molar-refractivity contribution >= 4 is 0 Å². The van der Waals surface area contributed by atoms with E-state index in [9.17, 15) is 0 Å². The maximum absolute atomic E-state index is 5.98. The van der Waals surface area contributed by atoms with Crippen molar-refractivity contribution in [2.75, 3.05) is 6.61 Å². The third-order valence-corrected chi connectivity index (χ3v) is 3.29. The van der Waals surface area contributed by atoms with E-state index in [1.54, 1.807) is 0 Å². The summed E-state index contributed by atoms with van der Waals surface area (Å²) in [6, 6.07) is 7.96. The van der Waals surface area contributed by atoms with Gasteiger partial charge in [-0.1, -0.05) is 29.4 Å². The first-order chi connectivity index (χ1) is 10.1. The molecule has 114 valence electrons. The molecule has 0 aliphatic rings. The van der Waals surface area contributed by atoms with E-state index >= 15 is 0 Å². The van der Waals surface area contributed by atoms with Crippen LogP contribution >= 0.6 is 0 Å². The minimum Gasteiger partial charge on any atom is -0.377 e. The molecule has 21 heavy (non-hydrogen) atoms. The van der Waals surface area contributed by atoms with E-state index in [1.807, 2.05) is 26.0 Å². The highest BCUT2D eigenvalue weighted by Crippen LogP contribution is 2.12.